The fourth-order valence-electron chi connectivity index (χ4n) is 1.73. The minimum atomic E-state index is -1.04. The SMILES string of the molecule is CSC1(CNC(=O)C(C)=C(C)C(=O)O)CCC1. The van der Waals surface area contributed by atoms with Crippen molar-refractivity contribution in [2.75, 3.05) is 12.8 Å². The number of amides is 1. The molecule has 1 aliphatic rings. The number of aliphatic carboxylic acids is 1. The van der Waals surface area contributed by atoms with E-state index in [0.29, 0.717) is 6.54 Å². The lowest BCUT2D eigenvalue weighted by Crippen LogP contribution is -2.45. The van der Waals surface area contributed by atoms with Crippen molar-refractivity contribution in [2.24, 2.45) is 0 Å². The van der Waals surface area contributed by atoms with E-state index in [-0.39, 0.29) is 21.8 Å². The van der Waals surface area contributed by atoms with Crippen molar-refractivity contribution in [3.05, 3.63) is 11.1 Å². The Hall–Kier alpha value is -0.970. The van der Waals surface area contributed by atoms with E-state index in [4.69, 9.17) is 5.11 Å². The van der Waals surface area contributed by atoms with Crippen LogP contribution in [0.15, 0.2) is 11.1 Å². The third-order valence-corrected chi connectivity index (χ3v) is 4.91. The van der Waals surface area contributed by atoms with Gasteiger partial charge in [-0.3, -0.25) is 4.79 Å². The summed E-state index contributed by atoms with van der Waals surface area (Å²) in [5, 5.41) is 11.6. The minimum Gasteiger partial charge on any atom is -0.478 e. The highest BCUT2D eigenvalue weighted by molar-refractivity contribution is 8.00. The van der Waals surface area contributed by atoms with Gasteiger partial charge in [0, 0.05) is 22.4 Å². The van der Waals surface area contributed by atoms with Crippen molar-refractivity contribution >= 4 is 23.6 Å². The molecule has 1 aliphatic carbocycles. The molecule has 0 spiro atoms. The summed E-state index contributed by atoms with van der Waals surface area (Å²) in [5.41, 5.74) is 0.391. The van der Waals surface area contributed by atoms with Gasteiger partial charge in [0.2, 0.25) is 5.91 Å². The summed E-state index contributed by atoms with van der Waals surface area (Å²) >= 11 is 1.78. The Labute approximate surface area is 106 Å². The van der Waals surface area contributed by atoms with Crippen molar-refractivity contribution in [1.29, 1.82) is 0 Å². The second-order valence-electron chi connectivity index (χ2n) is 4.48. The smallest absolute Gasteiger partial charge is 0.331 e. The Balaban J connectivity index is 2.55. The number of carbonyl (C=O) groups is 2. The molecule has 1 fully saturated rings. The summed E-state index contributed by atoms with van der Waals surface area (Å²) in [6.07, 6.45) is 5.50. The lowest BCUT2D eigenvalue weighted by atomic mass is 9.84. The van der Waals surface area contributed by atoms with Crippen molar-refractivity contribution in [3.8, 4) is 0 Å². The molecule has 17 heavy (non-hydrogen) atoms. The molecule has 1 rings (SSSR count). The van der Waals surface area contributed by atoms with E-state index < -0.39 is 5.97 Å². The molecule has 1 saturated carbocycles. The molecule has 1 amide bonds. The first-order chi connectivity index (χ1) is 7.92. The maximum Gasteiger partial charge on any atom is 0.331 e. The maximum atomic E-state index is 11.7. The van der Waals surface area contributed by atoms with Gasteiger partial charge in [0.05, 0.1) is 0 Å². The molecule has 0 aromatic rings. The molecule has 0 saturated heterocycles. The summed E-state index contributed by atoms with van der Waals surface area (Å²) in [7, 11) is 0. The van der Waals surface area contributed by atoms with Crippen LogP contribution in [0.2, 0.25) is 0 Å². The van der Waals surface area contributed by atoms with Gasteiger partial charge in [0.1, 0.15) is 0 Å². The highest BCUT2D eigenvalue weighted by atomic mass is 32.2. The van der Waals surface area contributed by atoms with E-state index in [9.17, 15) is 9.59 Å². The number of rotatable bonds is 5. The number of nitrogens with one attached hydrogen (secondary N) is 1. The fourth-order valence-corrected chi connectivity index (χ4v) is 2.64. The number of carbonyl (C=O) groups excluding carboxylic acids is 1. The molecule has 0 radical (unpaired) electrons. The zero-order valence-electron chi connectivity index (χ0n) is 10.5. The van der Waals surface area contributed by atoms with Gasteiger partial charge >= 0.3 is 5.97 Å². The number of thioether (sulfide) groups is 1. The number of carboxylic acids is 1. The average molecular weight is 257 g/mol. The monoisotopic (exact) mass is 257 g/mol. The largest absolute Gasteiger partial charge is 0.478 e. The quantitative estimate of drug-likeness (QED) is 0.737. The summed E-state index contributed by atoms with van der Waals surface area (Å²) in [4.78, 5) is 22.5. The van der Waals surface area contributed by atoms with Crippen LogP contribution in [0.5, 0.6) is 0 Å². The Bertz CT molecular complexity index is 353. The van der Waals surface area contributed by atoms with Gasteiger partial charge in [-0.2, -0.15) is 11.8 Å². The van der Waals surface area contributed by atoms with Crippen molar-refractivity contribution < 1.29 is 14.7 Å². The zero-order chi connectivity index (χ0) is 13.1. The van der Waals surface area contributed by atoms with Crippen LogP contribution in [0.25, 0.3) is 0 Å². The van der Waals surface area contributed by atoms with Crippen LogP contribution in [0, 0.1) is 0 Å². The topological polar surface area (TPSA) is 66.4 Å². The van der Waals surface area contributed by atoms with Crippen LogP contribution < -0.4 is 5.32 Å². The van der Waals surface area contributed by atoms with Gasteiger partial charge in [-0.1, -0.05) is 6.42 Å². The summed E-state index contributed by atoms with van der Waals surface area (Å²) in [6, 6.07) is 0. The van der Waals surface area contributed by atoms with Crippen molar-refractivity contribution in [1.82, 2.24) is 5.32 Å². The Kier molecular flexibility index (Phi) is 4.62. The predicted molar refractivity (Wildman–Crippen MR) is 69.1 cm³/mol. The molecular weight excluding hydrogens is 238 g/mol. The standard InChI is InChI=1S/C12H19NO3S/c1-8(9(2)11(15)16)10(14)13-7-12(17-3)5-4-6-12/h4-7H2,1-3H3,(H,13,14)(H,15,16). The minimum absolute atomic E-state index is 0.106. The second kappa shape index (κ2) is 5.58. The first kappa shape index (κ1) is 14.1. The molecular formula is C12H19NO3S. The molecule has 96 valence electrons. The van der Waals surface area contributed by atoms with E-state index in [1.807, 2.05) is 0 Å². The van der Waals surface area contributed by atoms with Gasteiger partial charge in [-0.15, -0.1) is 0 Å². The van der Waals surface area contributed by atoms with E-state index in [2.05, 4.69) is 11.6 Å². The number of carboxylic acid groups (broad SMARTS) is 1. The zero-order valence-corrected chi connectivity index (χ0v) is 11.3. The van der Waals surface area contributed by atoms with Crippen molar-refractivity contribution in [2.45, 2.75) is 37.9 Å². The lowest BCUT2D eigenvalue weighted by molar-refractivity contribution is -0.133. The molecule has 0 heterocycles. The molecule has 5 heteroatoms. The van der Waals surface area contributed by atoms with E-state index in [1.54, 1.807) is 18.7 Å². The molecule has 4 nitrogen and oxygen atoms in total. The van der Waals surface area contributed by atoms with Gasteiger partial charge < -0.3 is 10.4 Å². The normalized spacial score (nSPS) is 19.0. The van der Waals surface area contributed by atoms with Gasteiger partial charge in [-0.25, -0.2) is 4.79 Å². The molecule has 0 unspecified atom stereocenters. The highest BCUT2D eigenvalue weighted by Crippen LogP contribution is 2.42. The highest BCUT2D eigenvalue weighted by Gasteiger charge is 2.36. The Morgan fingerprint density at radius 1 is 1.29 bits per heavy atom. The van der Waals surface area contributed by atoms with E-state index in [0.717, 1.165) is 12.8 Å². The first-order valence-corrected chi connectivity index (χ1v) is 6.88. The molecule has 0 bridgehead atoms. The van der Waals surface area contributed by atoms with Gasteiger partial charge in [0.25, 0.3) is 0 Å². The summed E-state index contributed by atoms with van der Waals surface area (Å²) in [6.45, 7) is 3.62. The molecule has 0 aromatic carbocycles. The lowest BCUT2D eigenvalue weighted by Gasteiger charge is -2.40. The summed E-state index contributed by atoms with van der Waals surface area (Å²) in [5.74, 6) is -1.31. The molecule has 0 atom stereocenters. The van der Waals surface area contributed by atoms with Gasteiger partial charge in [-0.05, 0) is 32.9 Å². The molecule has 0 aliphatic heterocycles. The van der Waals surface area contributed by atoms with E-state index >= 15 is 0 Å². The summed E-state index contributed by atoms with van der Waals surface area (Å²) < 4.78 is 0.174. The number of hydrogen-bond acceptors (Lipinski definition) is 3. The van der Waals surface area contributed by atoms with Crippen LogP contribution in [0.4, 0.5) is 0 Å². The van der Waals surface area contributed by atoms with E-state index in [1.165, 1.54) is 13.3 Å². The van der Waals surface area contributed by atoms with Crippen LogP contribution in [-0.4, -0.2) is 34.5 Å². The first-order valence-electron chi connectivity index (χ1n) is 5.66. The van der Waals surface area contributed by atoms with Crippen LogP contribution in [0.1, 0.15) is 33.1 Å². The average Bonchev–Trinajstić information content (AvgIpc) is 2.25. The third-order valence-electron chi connectivity index (χ3n) is 3.49. The molecule has 0 aromatic heterocycles. The van der Waals surface area contributed by atoms with Crippen LogP contribution >= 0.6 is 11.8 Å². The second-order valence-corrected chi connectivity index (χ2v) is 5.75. The van der Waals surface area contributed by atoms with Gasteiger partial charge in [0.15, 0.2) is 0 Å². The van der Waals surface area contributed by atoms with Crippen molar-refractivity contribution in [3.63, 3.8) is 0 Å². The maximum absolute atomic E-state index is 11.7. The Morgan fingerprint density at radius 3 is 2.24 bits per heavy atom. The Morgan fingerprint density at radius 2 is 1.88 bits per heavy atom. The van der Waals surface area contributed by atoms with Crippen LogP contribution in [-0.2, 0) is 9.59 Å². The predicted octanol–water partition coefficient (Wildman–Crippen LogP) is 1.81. The number of hydrogen-bond donors (Lipinski definition) is 2. The molecule has 2 N–H and O–H groups in total. The van der Waals surface area contributed by atoms with Crippen LogP contribution in [0.3, 0.4) is 0 Å². The fraction of sp³-hybridized carbons (Fsp3) is 0.667. The third kappa shape index (κ3) is 3.25.